The maximum absolute atomic E-state index is 13.7. The molecule has 3 amide bonds. The molecule has 39 heavy (non-hydrogen) atoms. The van der Waals surface area contributed by atoms with Crippen LogP contribution in [0.4, 0.5) is 17.1 Å². The minimum absolute atomic E-state index is 0.0174. The SMILES string of the molecule is CC(C)N(C(=O)C1CCCCC1)c1cc(NC(=O)CC(C)(C)C)cc(NC(=O)[C@H]2CC[C@@H](C(C)(C)C)CC2)c1. The molecule has 0 aromatic heterocycles. The second-order valence-electron chi connectivity index (χ2n) is 14.6. The summed E-state index contributed by atoms with van der Waals surface area (Å²) in [6.07, 6.45) is 9.49. The lowest BCUT2D eigenvalue weighted by Crippen LogP contribution is -2.41. The van der Waals surface area contributed by atoms with E-state index in [-0.39, 0.29) is 46.4 Å². The van der Waals surface area contributed by atoms with Gasteiger partial charge >= 0.3 is 0 Å². The number of carbonyl (C=O) groups is 3. The molecule has 0 radical (unpaired) electrons. The highest BCUT2D eigenvalue weighted by Gasteiger charge is 2.33. The molecule has 0 aliphatic heterocycles. The zero-order chi connectivity index (χ0) is 29.0. The lowest BCUT2D eigenvalue weighted by molar-refractivity contribution is -0.123. The number of nitrogens with one attached hydrogen (secondary N) is 2. The number of carbonyl (C=O) groups excluding carboxylic acids is 3. The van der Waals surface area contributed by atoms with E-state index in [1.807, 2.05) is 57.7 Å². The summed E-state index contributed by atoms with van der Waals surface area (Å²) < 4.78 is 0. The van der Waals surface area contributed by atoms with Crippen LogP contribution in [0.5, 0.6) is 0 Å². The van der Waals surface area contributed by atoms with E-state index in [0.29, 0.717) is 23.7 Å². The molecule has 6 heteroatoms. The van der Waals surface area contributed by atoms with Gasteiger partial charge in [-0.25, -0.2) is 0 Å². The van der Waals surface area contributed by atoms with Crippen molar-refractivity contribution >= 4 is 34.8 Å². The second-order valence-corrected chi connectivity index (χ2v) is 14.6. The molecule has 6 nitrogen and oxygen atoms in total. The fourth-order valence-corrected chi connectivity index (χ4v) is 6.27. The molecule has 2 aliphatic carbocycles. The van der Waals surface area contributed by atoms with Crippen molar-refractivity contribution in [1.82, 2.24) is 0 Å². The van der Waals surface area contributed by atoms with Crippen LogP contribution in [-0.4, -0.2) is 23.8 Å². The van der Waals surface area contributed by atoms with E-state index in [1.54, 1.807) is 0 Å². The van der Waals surface area contributed by atoms with Crippen LogP contribution < -0.4 is 15.5 Å². The summed E-state index contributed by atoms with van der Waals surface area (Å²) in [6.45, 7) is 17.0. The fraction of sp³-hybridized carbons (Fsp3) is 0.727. The molecule has 1 aromatic rings. The van der Waals surface area contributed by atoms with Crippen LogP contribution in [0.15, 0.2) is 18.2 Å². The number of benzene rings is 1. The Morgan fingerprint density at radius 2 is 1.36 bits per heavy atom. The molecule has 2 N–H and O–H groups in total. The minimum Gasteiger partial charge on any atom is -0.326 e. The van der Waals surface area contributed by atoms with E-state index in [9.17, 15) is 14.4 Å². The highest BCUT2D eigenvalue weighted by molar-refractivity contribution is 6.00. The van der Waals surface area contributed by atoms with Crippen molar-refractivity contribution in [2.45, 2.75) is 126 Å². The van der Waals surface area contributed by atoms with Gasteiger partial charge in [-0.3, -0.25) is 14.4 Å². The molecule has 2 fully saturated rings. The lowest BCUT2D eigenvalue weighted by atomic mass is 9.69. The van der Waals surface area contributed by atoms with E-state index in [4.69, 9.17) is 0 Å². The third-order valence-electron chi connectivity index (χ3n) is 8.47. The van der Waals surface area contributed by atoms with Crippen molar-refractivity contribution in [1.29, 1.82) is 0 Å². The quantitative estimate of drug-likeness (QED) is 0.367. The predicted molar refractivity (Wildman–Crippen MR) is 162 cm³/mol. The van der Waals surface area contributed by atoms with Gasteiger partial charge in [-0.15, -0.1) is 0 Å². The van der Waals surface area contributed by atoms with Crippen molar-refractivity contribution in [3.63, 3.8) is 0 Å². The van der Waals surface area contributed by atoms with Gasteiger partial charge in [0.25, 0.3) is 0 Å². The van der Waals surface area contributed by atoms with Crippen LogP contribution in [0.1, 0.15) is 120 Å². The van der Waals surface area contributed by atoms with Gasteiger partial charge < -0.3 is 15.5 Å². The molecule has 2 saturated carbocycles. The molecule has 0 spiro atoms. The summed E-state index contributed by atoms with van der Waals surface area (Å²) in [7, 11) is 0. The van der Waals surface area contributed by atoms with E-state index in [2.05, 4.69) is 31.4 Å². The summed E-state index contributed by atoms with van der Waals surface area (Å²) in [6, 6.07) is 5.56. The molecule has 3 rings (SSSR count). The van der Waals surface area contributed by atoms with Gasteiger partial charge in [0.1, 0.15) is 0 Å². The molecular weight excluding hydrogens is 486 g/mol. The van der Waals surface area contributed by atoms with Gasteiger partial charge in [0, 0.05) is 41.4 Å². The van der Waals surface area contributed by atoms with Crippen LogP contribution in [0.25, 0.3) is 0 Å². The van der Waals surface area contributed by atoms with E-state index < -0.39 is 0 Å². The molecule has 2 aliphatic rings. The average Bonchev–Trinajstić information content (AvgIpc) is 2.82. The normalized spacial score (nSPS) is 20.9. The van der Waals surface area contributed by atoms with Crippen LogP contribution in [0.3, 0.4) is 0 Å². The molecule has 0 saturated heterocycles. The standard InChI is InChI=1S/C33H53N3O3/c1-22(2)36(31(39)24-12-10-9-11-13-24)28-19-26(34-29(37)21-32(3,4)5)18-27(20-28)35-30(38)23-14-16-25(17-15-23)33(6,7)8/h18-20,22-25H,9-17,21H2,1-8H3,(H,34,37)(H,35,38)/t23-,25+. The van der Waals surface area contributed by atoms with Crippen molar-refractivity contribution in [3.8, 4) is 0 Å². The van der Waals surface area contributed by atoms with Crippen LogP contribution in [0.2, 0.25) is 0 Å². The number of nitrogens with zero attached hydrogens (tertiary/aromatic N) is 1. The number of hydrogen-bond donors (Lipinski definition) is 2. The number of amides is 3. The summed E-state index contributed by atoms with van der Waals surface area (Å²) in [5.41, 5.74) is 2.08. The van der Waals surface area contributed by atoms with Crippen molar-refractivity contribution in [2.24, 2.45) is 28.6 Å². The minimum atomic E-state index is -0.147. The van der Waals surface area contributed by atoms with Crippen molar-refractivity contribution < 1.29 is 14.4 Å². The first-order valence-electron chi connectivity index (χ1n) is 15.2. The third kappa shape index (κ3) is 9.08. The molecule has 218 valence electrons. The molecular formula is C33H53N3O3. The molecule has 1 aromatic carbocycles. The molecule has 0 bridgehead atoms. The largest absolute Gasteiger partial charge is 0.326 e. The monoisotopic (exact) mass is 539 g/mol. The Bertz CT molecular complexity index is 1000. The van der Waals surface area contributed by atoms with Gasteiger partial charge in [-0.1, -0.05) is 60.8 Å². The zero-order valence-corrected chi connectivity index (χ0v) is 25.8. The Hall–Kier alpha value is -2.37. The highest BCUT2D eigenvalue weighted by Crippen LogP contribution is 2.40. The van der Waals surface area contributed by atoms with E-state index in [1.165, 1.54) is 6.42 Å². The Morgan fingerprint density at radius 1 is 0.795 bits per heavy atom. The highest BCUT2D eigenvalue weighted by atomic mass is 16.2. The Kier molecular flexibility index (Phi) is 10.3. The fourth-order valence-electron chi connectivity index (χ4n) is 6.27. The maximum Gasteiger partial charge on any atom is 0.230 e. The molecule has 0 heterocycles. The van der Waals surface area contributed by atoms with Crippen molar-refractivity contribution in [2.75, 3.05) is 15.5 Å². The van der Waals surface area contributed by atoms with Crippen LogP contribution in [0, 0.1) is 28.6 Å². The first-order valence-corrected chi connectivity index (χ1v) is 15.2. The Labute approximate surface area is 237 Å². The summed E-state index contributed by atoms with van der Waals surface area (Å²) in [5, 5.41) is 6.19. The smallest absolute Gasteiger partial charge is 0.230 e. The first-order chi connectivity index (χ1) is 18.1. The van der Waals surface area contributed by atoms with Gasteiger partial charge in [-0.2, -0.15) is 0 Å². The summed E-state index contributed by atoms with van der Waals surface area (Å²) >= 11 is 0. The number of rotatable bonds is 7. The maximum atomic E-state index is 13.7. The van der Waals surface area contributed by atoms with Gasteiger partial charge in [0.15, 0.2) is 0 Å². The topological polar surface area (TPSA) is 78.5 Å². The predicted octanol–water partition coefficient (Wildman–Crippen LogP) is 8.17. The van der Waals surface area contributed by atoms with E-state index in [0.717, 1.165) is 57.1 Å². The first kappa shape index (κ1) is 31.2. The lowest BCUT2D eigenvalue weighted by Gasteiger charge is -2.36. The molecule has 0 unspecified atom stereocenters. The number of anilines is 3. The second kappa shape index (κ2) is 12.9. The van der Waals surface area contributed by atoms with Crippen LogP contribution in [-0.2, 0) is 14.4 Å². The summed E-state index contributed by atoms with van der Waals surface area (Å²) in [5.74, 6) is 0.737. The van der Waals surface area contributed by atoms with Gasteiger partial charge in [0.2, 0.25) is 17.7 Å². The van der Waals surface area contributed by atoms with Crippen molar-refractivity contribution in [3.05, 3.63) is 18.2 Å². The average molecular weight is 540 g/mol. The number of hydrogen-bond acceptors (Lipinski definition) is 3. The van der Waals surface area contributed by atoms with Crippen LogP contribution >= 0.6 is 0 Å². The van der Waals surface area contributed by atoms with Gasteiger partial charge in [0.05, 0.1) is 0 Å². The van der Waals surface area contributed by atoms with E-state index >= 15 is 0 Å². The Morgan fingerprint density at radius 3 is 1.87 bits per heavy atom. The summed E-state index contributed by atoms with van der Waals surface area (Å²) in [4.78, 5) is 41.8. The zero-order valence-electron chi connectivity index (χ0n) is 25.8. The molecule has 0 atom stereocenters. The Balaban J connectivity index is 1.86. The van der Waals surface area contributed by atoms with Gasteiger partial charge in [-0.05, 0) is 87.3 Å². The third-order valence-corrected chi connectivity index (χ3v) is 8.47.